The number of carbonyl (C=O) groups is 1. The van der Waals surface area contributed by atoms with Crippen molar-refractivity contribution in [3.05, 3.63) is 45.6 Å². The highest BCUT2D eigenvalue weighted by Crippen LogP contribution is 2.10. The molecule has 0 spiro atoms. The number of methoxy groups -OCH3 is 1. The van der Waals surface area contributed by atoms with Crippen molar-refractivity contribution < 1.29 is 13.9 Å². The molecule has 0 saturated carbocycles. The lowest BCUT2D eigenvalue weighted by atomic mass is 10.1. The molecular formula is C11H8FN3O2. The molecule has 0 atom stereocenters. The Morgan fingerprint density at radius 3 is 3.00 bits per heavy atom. The largest absolute Gasteiger partial charge is 0.465 e. The molecule has 6 heteroatoms. The van der Waals surface area contributed by atoms with Gasteiger partial charge in [0.15, 0.2) is 0 Å². The molecule has 0 aliphatic heterocycles. The molecule has 0 radical (unpaired) electrons. The van der Waals surface area contributed by atoms with Crippen LogP contribution in [0.3, 0.4) is 0 Å². The molecule has 0 bridgehead atoms. The van der Waals surface area contributed by atoms with E-state index < -0.39 is 11.8 Å². The Hall–Kier alpha value is -2.51. The molecule has 1 aromatic rings. The van der Waals surface area contributed by atoms with Crippen LogP contribution in [0.2, 0.25) is 0 Å². The van der Waals surface area contributed by atoms with Crippen LogP contribution in [0.1, 0.15) is 15.9 Å². The van der Waals surface area contributed by atoms with Gasteiger partial charge in [-0.2, -0.15) is 0 Å². The molecule has 17 heavy (non-hydrogen) atoms. The van der Waals surface area contributed by atoms with Gasteiger partial charge < -0.3 is 4.74 Å². The SMILES string of the molecule is COC(=O)c1ccc(C#CCN=[N+]=[N-])c(F)c1. The lowest BCUT2D eigenvalue weighted by Gasteiger charge is -2.00. The van der Waals surface area contributed by atoms with Crippen LogP contribution in [0.5, 0.6) is 0 Å². The number of carbonyl (C=O) groups excluding carboxylic acids is 1. The third kappa shape index (κ3) is 3.52. The van der Waals surface area contributed by atoms with Crippen LogP contribution in [-0.2, 0) is 4.74 Å². The van der Waals surface area contributed by atoms with Crippen molar-refractivity contribution in [2.24, 2.45) is 5.11 Å². The highest BCUT2D eigenvalue weighted by Gasteiger charge is 2.08. The first-order valence-electron chi connectivity index (χ1n) is 4.56. The first-order valence-corrected chi connectivity index (χ1v) is 4.56. The molecule has 0 aliphatic rings. The fourth-order valence-corrected chi connectivity index (χ4v) is 1.06. The normalized spacial score (nSPS) is 8.59. The maximum atomic E-state index is 13.4. The number of nitrogens with zero attached hydrogens (tertiary/aromatic N) is 3. The van der Waals surface area contributed by atoms with E-state index in [1.807, 2.05) is 0 Å². The fraction of sp³-hybridized carbons (Fsp3) is 0.182. The summed E-state index contributed by atoms with van der Waals surface area (Å²) in [5, 5.41) is 3.19. The van der Waals surface area contributed by atoms with Gasteiger partial charge in [0.25, 0.3) is 0 Å². The van der Waals surface area contributed by atoms with Gasteiger partial charge in [0, 0.05) is 4.91 Å². The monoisotopic (exact) mass is 233 g/mol. The molecule has 0 N–H and O–H groups in total. The van der Waals surface area contributed by atoms with E-state index in [0.717, 1.165) is 6.07 Å². The van der Waals surface area contributed by atoms with Gasteiger partial charge in [0.05, 0.1) is 24.8 Å². The Labute approximate surface area is 96.8 Å². The first-order chi connectivity index (χ1) is 8.19. The van der Waals surface area contributed by atoms with Crippen molar-refractivity contribution >= 4 is 5.97 Å². The molecule has 1 aromatic carbocycles. The highest BCUT2D eigenvalue weighted by atomic mass is 19.1. The molecular weight excluding hydrogens is 225 g/mol. The van der Waals surface area contributed by atoms with Crippen LogP contribution in [0.25, 0.3) is 10.4 Å². The quantitative estimate of drug-likeness (QED) is 0.258. The zero-order chi connectivity index (χ0) is 12.7. The summed E-state index contributed by atoms with van der Waals surface area (Å²) in [5.41, 5.74) is 8.25. The Balaban J connectivity index is 2.92. The van der Waals surface area contributed by atoms with Gasteiger partial charge in [-0.15, -0.1) is 0 Å². The van der Waals surface area contributed by atoms with Crippen LogP contribution in [0.4, 0.5) is 4.39 Å². The van der Waals surface area contributed by atoms with Crippen molar-refractivity contribution in [1.82, 2.24) is 0 Å². The molecule has 0 aliphatic carbocycles. The molecule has 0 saturated heterocycles. The number of azide groups is 1. The van der Waals surface area contributed by atoms with Crippen LogP contribution in [0.15, 0.2) is 23.3 Å². The Morgan fingerprint density at radius 2 is 2.41 bits per heavy atom. The maximum absolute atomic E-state index is 13.4. The van der Waals surface area contributed by atoms with Crippen molar-refractivity contribution in [1.29, 1.82) is 0 Å². The van der Waals surface area contributed by atoms with Gasteiger partial charge in [0.2, 0.25) is 0 Å². The number of hydrogen-bond donors (Lipinski definition) is 0. The number of hydrogen-bond acceptors (Lipinski definition) is 3. The standard InChI is InChI=1S/C11H8FN3O2/c1-17-11(16)9-5-4-8(10(12)7-9)3-2-6-14-15-13/h4-5,7H,6H2,1H3. The van der Waals surface area contributed by atoms with Crippen LogP contribution in [0, 0.1) is 17.7 Å². The van der Waals surface area contributed by atoms with Crippen molar-refractivity contribution in [2.45, 2.75) is 0 Å². The second-order valence-corrected chi connectivity index (χ2v) is 2.88. The average molecular weight is 233 g/mol. The summed E-state index contributed by atoms with van der Waals surface area (Å²) in [6.45, 7) is -0.0330. The van der Waals surface area contributed by atoms with Gasteiger partial charge in [-0.1, -0.05) is 17.0 Å². The summed E-state index contributed by atoms with van der Waals surface area (Å²) in [7, 11) is 1.22. The number of esters is 1. The lowest BCUT2D eigenvalue weighted by Crippen LogP contribution is -2.02. The predicted octanol–water partition coefficient (Wildman–Crippen LogP) is 2.27. The van der Waals surface area contributed by atoms with E-state index in [0.29, 0.717) is 0 Å². The zero-order valence-corrected chi connectivity index (χ0v) is 8.98. The third-order valence-corrected chi connectivity index (χ3v) is 1.83. The van der Waals surface area contributed by atoms with E-state index in [9.17, 15) is 9.18 Å². The summed E-state index contributed by atoms with van der Waals surface area (Å²) < 4.78 is 17.9. The second-order valence-electron chi connectivity index (χ2n) is 2.88. The molecule has 86 valence electrons. The average Bonchev–Trinajstić information content (AvgIpc) is 2.35. The number of rotatable bonds is 2. The number of benzene rings is 1. The van der Waals surface area contributed by atoms with Crippen LogP contribution < -0.4 is 0 Å². The smallest absolute Gasteiger partial charge is 0.337 e. The molecule has 0 unspecified atom stereocenters. The minimum Gasteiger partial charge on any atom is -0.465 e. The number of halogens is 1. The van der Waals surface area contributed by atoms with Crippen LogP contribution >= 0.6 is 0 Å². The van der Waals surface area contributed by atoms with Gasteiger partial charge in [0.1, 0.15) is 5.82 Å². The summed E-state index contributed by atoms with van der Waals surface area (Å²) in [6, 6.07) is 3.82. The van der Waals surface area contributed by atoms with Crippen molar-refractivity contribution in [3.8, 4) is 11.8 Å². The fourth-order valence-electron chi connectivity index (χ4n) is 1.06. The minimum absolute atomic E-state index is 0.0330. The second kappa shape index (κ2) is 6.16. The van der Waals surface area contributed by atoms with E-state index in [1.54, 1.807) is 0 Å². The van der Waals surface area contributed by atoms with E-state index in [1.165, 1.54) is 19.2 Å². The molecule has 0 amide bonds. The van der Waals surface area contributed by atoms with E-state index in [4.69, 9.17) is 5.53 Å². The van der Waals surface area contributed by atoms with Crippen molar-refractivity contribution in [3.63, 3.8) is 0 Å². The van der Waals surface area contributed by atoms with Gasteiger partial charge in [-0.3, -0.25) is 0 Å². The molecule has 5 nitrogen and oxygen atoms in total. The van der Waals surface area contributed by atoms with E-state index in [2.05, 4.69) is 26.6 Å². The summed E-state index contributed by atoms with van der Waals surface area (Å²) in [6.07, 6.45) is 0. The Morgan fingerprint density at radius 1 is 1.65 bits per heavy atom. The zero-order valence-electron chi connectivity index (χ0n) is 8.98. The maximum Gasteiger partial charge on any atom is 0.337 e. The van der Waals surface area contributed by atoms with E-state index >= 15 is 0 Å². The van der Waals surface area contributed by atoms with Gasteiger partial charge in [-0.05, 0) is 23.7 Å². The first kappa shape index (κ1) is 12.6. The van der Waals surface area contributed by atoms with Gasteiger partial charge >= 0.3 is 5.97 Å². The molecule has 1 rings (SSSR count). The Bertz CT molecular complexity index is 539. The van der Waals surface area contributed by atoms with Crippen LogP contribution in [-0.4, -0.2) is 19.6 Å². The Kier molecular flexibility index (Phi) is 4.55. The minimum atomic E-state index is -0.624. The molecule has 0 fully saturated rings. The topological polar surface area (TPSA) is 75.1 Å². The highest BCUT2D eigenvalue weighted by molar-refractivity contribution is 5.89. The number of ether oxygens (including phenoxy) is 1. The van der Waals surface area contributed by atoms with E-state index in [-0.39, 0.29) is 17.7 Å². The van der Waals surface area contributed by atoms with Gasteiger partial charge in [-0.25, -0.2) is 9.18 Å². The lowest BCUT2D eigenvalue weighted by molar-refractivity contribution is 0.0600. The summed E-state index contributed by atoms with van der Waals surface area (Å²) in [5.74, 6) is 3.73. The molecule has 0 heterocycles. The van der Waals surface area contributed by atoms with Crippen molar-refractivity contribution in [2.75, 3.05) is 13.7 Å². The molecule has 0 aromatic heterocycles. The third-order valence-electron chi connectivity index (χ3n) is 1.83. The predicted molar refractivity (Wildman–Crippen MR) is 58.6 cm³/mol. The summed E-state index contributed by atoms with van der Waals surface area (Å²) >= 11 is 0. The summed E-state index contributed by atoms with van der Waals surface area (Å²) in [4.78, 5) is 13.6.